The summed E-state index contributed by atoms with van der Waals surface area (Å²) in [5, 5.41) is 14.1. The topological polar surface area (TPSA) is 52.6 Å². The first-order valence-electron chi connectivity index (χ1n) is 10.1. The molecule has 0 saturated heterocycles. The van der Waals surface area contributed by atoms with E-state index in [1.54, 1.807) is 0 Å². The molecule has 1 amide bonds. The maximum atomic E-state index is 14.0. The molecule has 6 heteroatoms. The minimum Gasteiger partial charge on any atom is -0.389 e. The third-order valence-electron chi connectivity index (χ3n) is 6.27. The van der Waals surface area contributed by atoms with Crippen LogP contribution in [0.2, 0.25) is 0 Å². The molecule has 4 rings (SSSR count). The van der Waals surface area contributed by atoms with Crippen molar-refractivity contribution in [1.29, 1.82) is 0 Å². The van der Waals surface area contributed by atoms with Crippen LogP contribution in [0.25, 0.3) is 0 Å². The Hall–Kier alpha value is -1.40. The number of likely N-dealkylation sites (N-methyl/N-ethyl adjacent to an activating group) is 1. The van der Waals surface area contributed by atoms with Gasteiger partial charge in [-0.3, -0.25) is 4.79 Å². The van der Waals surface area contributed by atoms with Gasteiger partial charge in [-0.05, 0) is 49.2 Å². The summed E-state index contributed by atoms with van der Waals surface area (Å²) in [6.07, 6.45) is 4.39. The Kier molecular flexibility index (Phi) is 7.05. The molecule has 1 heterocycles. The Balaban J connectivity index is 0.00000240. The Labute approximate surface area is 187 Å². The number of carbonyl (C=O) groups excluding carboxylic acids is 1. The van der Waals surface area contributed by atoms with Crippen molar-refractivity contribution in [3.8, 4) is 0 Å². The van der Waals surface area contributed by atoms with Crippen LogP contribution in [0.1, 0.15) is 49.3 Å². The molecule has 0 aromatic heterocycles. The predicted octanol–water partition coefficient (Wildman–Crippen LogP) is 4.74. The number of carbonyl (C=O) groups is 1. The average molecular weight is 480 g/mol. The Morgan fingerprint density at radius 1 is 1.14 bits per heavy atom. The van der Waals surface area contributed by atoms with Gasteiger partial charge in [-0.25, -0.2) is 0 Å². The van der Waals surface area contributed by atoms with Gasteiger partial charge in [0.15, 0.2) is 0 Å². The molecule has 1 aliphatic heterocycles. The van der Waals surface area contributed by atoms with E-state index in [0.29, 0.717) is 6.54 Å². The largest absolute Gasteiger partial charge is 0.389 e. The first-order valence-corrected chi connectivity index (χ1v) is 10.9. The third-order valence-corrected chi connectivity index (χ3v) is 6.76. The number of aliphatic hydroxyl groups excluding tert-OH is 1. The van der Waals surface area contributed by atoms with Crippen LogP contribution in [0, 0.1) is 0 Å². The van der Waals surface area contributed by atoms with Gasteiger partial charge >= 0.3 is 0 Å². The monoisotopic (exact) mass is 478 g/mol. The number of halogens is 2. The third kappa shape index (κ3) is 3.86. The first kappa shape index (κ1) is 22.3. The minimum atomic E-state index is -0.702. The molecule has 2 aliphatic rings. The van der Waals surface area contributed by atoms with E-state index >= 15 is 0 Å². The molecule has 1 fully saturated rings. The van der Waals surface area contributed by atoms with Gasteiger partial charge in [0.25, 0.3) is 0 Å². The molecule has 0 bridgehead atoms. The number of rotatable bonds is 5. The van der Waals surface area contributed by atoms with Crippen molar-refractivity contribution in [2.75, 3.05) is 18.5 Å². The van der Waals surface area contributed by atoms with Crippen molar-refractivity contribution in [1.82, 2.24) is 5.32 Å². The highest BCUT2D eigenvalue weighted by atomic mass is 79.9. The summed E-state index contributed by atoms with van der Waals surface area (Å²) in [4.78, 5) is 15.8. The van der Waals surface area contributed by atoms with Crippen LogP contribution in [0.15, 0.2) is 53.0 Å². The average Bonchev–Trinajstić information content (AvgIpc) is 2.93. The molecular formula is C23H28BrClN2O2. The van der Waals surface area contributed by atoms with Gasteiger partial charge in [0, 0.05) is 16.7 Å². The number of fused-ring (bicyclic) bond motifs is 2. The zero-order chi connectivity index (χ0) is 19.7. The number of anilines is 1. The van der Waals surface area contributed by atoms with Crippen LogP contribution >= 0.6 is 28.3 Å². The van der Waals surface area contributed by atoms with Crippen LogP contribution in [-0.2, 0) is 10.2 Å². The van der Waals surface area contributed by atoms with Gasteiger partial charge in [-0.2, -0.15) is 0 Å². The Morgan fingerprint density at radius 2 is 1.83 bits per heavy atom. The van der Waals surface area contributed by atoms with Crippen molar-refractivity contribution >= 4 is 39.9 Å². The van der Waals surface area contributed by atoms with Crippen molar-refractivity contribution < 1.29 is 9.90 Å². The first-order chi connectivity index (χ1) is 13.6. The Morgan fingerprint density at radius 3 is 2.48 bits per heavy atom. The second-order valence-corrected chi connectivity index (χ2v) is 8.88. The molecule has 2 aromatic carbocycles. The van der Waals surface area contributed by atoms with Gasteiger partial charge in [0.05, 0.1) is 17.6 Å². The minimum absolute atomic E-state index is 0. The number of benzene rings is 2. The fourth-order valence-electron chi connectivity index (χ4n) is 4.99. The van der Waals surface area contributed by atoms with Gasteiger partial charge in [0.2, 0.25) is 5.91 Å². The zero-order valence-electron chi connectivity index (χ0n) is 16.6. The lowest BCUT2D eigenvalue weighted by Gasteiger charge is -2.36. The SMILES string of the molecule is CNC[C@@H](O)[C@H](c1ccccc1)N1C(=O)C2(CCCCC2)c2cc(Br)ccc21.Cl. The normalized spacial score (nSPS) is 19.6. The molecule has 0 radical (unpaired) electrons. The molecule has 29 heavy (non-hydrogen) atoms. The predicted molar refractivity (Wildman–Crippen MR) is 123 cm³/mol. The lowest BCUT2D eigenvalue weighted by Crippen LogP contribution is -2.47. The second kappa shape index (κ2) is 9.17. The maximum absolute atomic E-state index is 14.0. The van der Waals surface area contributed by atoms with Crippen LogP contribution in [-0.4, -0.2) is 30.7 Å². The van der Waals surface area contributed by atoms with Gasteiger partial charge in [-0.15, -0.1) is 12.4 Å². The Bertz CT molecular complexity index is 855. The van der Waals surface area contributed by atoms with E-state index in [2.05, 4.69) is 27.3 Å². The second-order valence-electron chi connectivity index (χ2n) is 7.96. The molecule has 0 unspecified atom stereocenters. The van der Waals surface area contributed by atoms with E-state index in [-0.39, 0.29) is 18.3 Å². The fourth-order valence-corrected chi connectivity index (χ4v) is 5.35. The zero-order valence-corrected chi connectivity index (χ0v) is 19.0. The lowest BCUT2D eigenvalue weighted by molar-refractivity contribution is -0.125. The van der Waals surface area contributed by atoms with Crippen molar-refractivity contribution in [3.63, 3.8) is 0 Å². The molecular weight excluding hydrogens is 452 g/mol. The molecule has 4 nitrogen and oxygen atoms in total. The number of aliphatic hydroxyl groups is 1. The highest BCUT2D eigenvalue weighted by Gasteiger charge is 2.53. The number of nitrogens with one attached hydrogen (secondary N) is 1. The summed E-state index contributed by atoms with van der Waals surface area (Å²) in [7, 11) is 1.82. The van der Waals surface area contributed by atoms with Crippen LogP contribution in [0.3, 0.4) is 0 Å². The van der Waals surface area contributed by atoms with E-state index in [4.69, 9.17) is 0 Å². The van der Waals surface area contributed by atoms with Gasteiger partial charge in [0.1, 0.15) is 0 Å². The fraction of sp³-hybridized carbons (Fsp3) is 0.435. The van der Waals surface area contributed by atoms with Crippen LogP contribution < -0.4 is 10.2 Å². The maximum Gasteiger partial charge on any atom is 0.238 e. The quantitative estimate of drug-likeness (QED) is 0.651. The van der Waals surface area contributed by atoms with Crippen LogP contribution in [0.4, 0.5) is 5.69 Å². The molecule has 1 spiro atoms. The number of hydrogen-bond donors (Lipinski definition) is 2. The number of hydrogen-bond acceptors (Lipinski definition) is 3. The van der Waals surface area contributed by atoms with Crippen LogP contribution in [0.5, 0.6) is 0 Å². The summed E-state index contributed by atoms with van der Waals surface area (Å²) in [6.45, 7) is 0.419. The summed E-state index contributed by atoms with van der Waals surface area (Å²) < 4.78 is 0.998. The summed E-state index contributed by atoms with van der Waals surface area (Å²) in [5.41, 5.74) is 2.56. The van der Waals surface area contributed by atoms with Crippen molar-refractivity contribution in [2.24, 2.45) is 0 Å². The smallest absolute Gasteiger partial charge is 0.238 e. The molecule has 156 valence electrons. The lowest BCUT2D eigenvalue weighted by atomic mass is 9.70. The van der Waals surface area contributed by atoms with Crippen molar-refractivity contribution in [3.05, 3.63) is 64.1 Å². The molecule has 2 N–H and O–H groups in total. The van der Waals surface area contributed by atoms with Crippen molar-refractivity contribution in [2.45, 2.75) is 49.7 Å². The number of amides is 1. The highest BCUT2D eigenvalue weighted by molar-refractivity contribution is 9.10. The molecule has 1 saturated carbocycles. The molecule has 2 atom stereocenters. The summed E-state index contributed by atoms with van der Waals surface area (Å²) in [6, 6.07) is 15.6. The van der Waals surface area contributed by atoms with E-state index in [9.17, 15) is 9.90 Å². The molecule has 2 aromatic rings. The van der Waals surface area contributed by atoms with E-state index in [0.717, 1.165) is 47.0 Å². The van der Waals surface area contributed by atoms with E-state index in [1.807, 2.05) is 54.4 Å². The van der Waals surface area contributed by atoms with Gasteiger partial charge in [-0.1, -0.05) is 65.5 Å². The molecule has 1 aliphatic carbocycles. The van der Waals surface area contributed by atoms with Gasteiger partial charge < -0.3 is 15.3 Å². The summed E-state index contributed by atoms with van der Waals surface area (Å²) >= 11 is 3.60. The standard InChI is InChI=1S/C23H27BrN2O2.ClH/c1-25-15-20(27)21(16-8-4-2-5-9-16)26-19-11-10-17(24)14-18(19)23(22(26)28)12-6-3-7-13-23;/h2,4-5,8-11,14,20-21,25,27H,3,6-7,12-13,15H2,1H3;1H/t20-,21+;/m1./s1. The van der Waals surface area contributed by atoms with E-state index < -0.39 is 17.6 Å². The number of nitrogens with zero attached hydrogens (tertiary/aromatic N) is 1. The highest BCUT2D eigenvalue weighted by Crippen LogP contribution is 2.53. The summed E-state index contributed by atoms with van der Waals surface area (Å²) in [5.74, 6) is 0.143. The van der Waals surface area contributed by atoms with E-state index in [1.165, 1.54) is 6.42 Å².